The summed E-state index contributed by atoms with van der Waals surface area (Å²) in [6.07, 6.45) is 0.835. The van der Waals surface area contributed by atoms with Gasteiger partial charge in [-0.1, -0.05) is 0 Å². The Morgan fingerprint density at radius 1 is 1.47 bits per heavy atom. The summed E-state index contributed by atoms with van der Waals surface area (Å²) in [5, 5.41) is 12.2. The first kappa shape index (κ1) is 11.9. The smallest absolute Gasteiger partial charge is 0.251 e. The van der Waals surface area contributed by atoms with Crippen LogP contribution in [0.4, 0.5) is 0 Å². The third kappa shape index (κ3) is 2.42. The number of ether oxygens (including phenoxy) is 1. The summed E-state index contributed by atoms with van der Waals surface area (Å²) in [5.74, 6) is 0.0233. The fourth-order valence-electron chi connectivity index (χ4n) is 1.94. The summed E-state index contributed by atoms with van der Waals surface area (Å²) >= 11 is 0. The molecule has 0 saturated carbocycles. The van der Waals surface area contributed by atoms with Gasteiger partial charge in [0.25, 0.3) is 5.91 Å². The Hall–Kier alpha value is -1.55. The van der Waals surface area contributed by atoms with Crippen LogP contribution in [0.2, 0.25) is 0 Å². The zero-order valence-corrected chi connectivity index (χ0v) is 10.1. The molecule has 2 atom stereocenters. The van der Waals surface area contributed by atoms with Crippen LogP contribution in [-0.4, -0.2) is 29.3 Å². The molecule has 17 heavy (non-hydrogen) atoms. The molecule has 1 aliphatic heterocycles. The summed E-state index contributed by atoms with van der Waals surface area (Å²) in [4.78, 5) is 12.0. The second kappa shape index (κ2) is 4.37. The van der Waals surface area contributed by atoms with Crippen molar-refractivity contribution >= 4 is 5.91 Å². The number of hydrogen-bond acceptors (Lipinski definition) is 3. The molecule has 1 saturated heterocycles. The topological polar surface area (TPSA) is 58.6 Å². The number of nitrogens with one attached hydrogen (secondary N) is 1. The minimum absolute atomic E-state index is 0.0172. The molecule has 1 aliphatic rings. The van der Waals surface area contributed by atoms with Gasteiger partial charge in [0.2, 0.25) is 0 Å². The lowest BCUT2D eigenvalue weighted by atomic mass is 9.94. The van der Waals surface area contributed by atoms with E-state index >= 15 is 0 Å². The zero-order valence-electron chi connectivity index (χ0n) is 10.1. The Bertz CT molecular complexity index is 415. The number of rotatable bonds is 2. The van der Waals surface area contributed by atoms with Crippen LogP contribution in [-0.2, 0) is 4.74 Å². The van der Waals surface area contributed by atoms with Crippen molar-refractivity contribution in [2.24, 2.45) is 0 Å². The number of carbonyl (C=O) groups is 1. The van der Waals surface area contributed by atoms with Crippen molar-refractivity contribution in [3.05, 3.63) is 29.8 Å². The van der Waals surface area contributed by atoms with Gasteiger partial charge in [-0.05, 0) is 44.5 Å². The molecule has 1 aromatic carbocycles. The van der Waals surface area contributed by atoms with Gasteiger partial charge in [0.05, 0.1) is 11.6 Å². The Balaban J connectivity index is 2.09. The standard InChI is InChI=1S/C13H17NO3/c1-9-13(2,7-8-17-9)14-12(16)10-3-5-11(15)6-4-10/h3-6,9,15H,7-8H2,1-2H3,(H,14,16). The number of benzene rings is 1. The Morgan fingerprint density at radius 3 is 2.65 bits per heavy atom. The van der Waals surface area contributed by atoms with Gasteiger partial charge in [0.15, 0.2) is 0 Å². The molecule has 0 bridgehead atoms. The summed E-state index contributed by atoms with van der Waals surface area (Å²) in [5.41, 5.74) is 0.234. The Labute approximate surface area is 101 Å². The van der Waals surface area contributed by atoms with Gasteiger partial charge in [0.1, 0.15) is 5.75 Å². The monoisotopic (exact) mass is 235 g/mol. The molecule has 0 aromatic heterocycles. The molecule has 2 N–H and O–H groups in total. The van der Waals surface area contributed by atoms with Gasteiger partial charge < -0.3 is 15.2 Å². The molecule has 2 rings (SSSR count). The summed E-state index contributed by atoms with van der Waals surface area (Å²) in [7, 11) is 0. The average Bonchev–Trinajstić information content (AvgIpc) is 2.60. The molecule has 0 spiro atoms. The molecule has 1 aromatic rings. The zero-order chi connectivity index (χ0) is 12.5. The maximum absolute atomic E-state index is 12.0. The molecular formula is C13H17NO3. The first-order valence-corrected chi connectivity index (χ1v) is 5.74. The fraction of sp³-hybridized carbons (Fsp3) is 0.462. The van der Waals surface area contributed by atoms with Gasteiger partial charge in [-0.2, -0.15) is 0 Å². The van der Waals surface area contributed by atoms with Crippen molar-refractivity contribution in [3.8, 4) is 5.75 Å². The van der Waals surface area contributed by atoms with Crippen molar-refractivity contribution < 1.29 is 14.6 Å². The number of aromatic hydroxyl groups is 1. The second-order valence-electron chi connectivity index (χ2n) is 4.68. The fourth-order valence-corrected chi connectivity index (χ4v) is 1.94. The van der Waals surface area contributed by atoms with Crippen molar-refractivity contribution in [1.82, 2.24) is 5.32 Å². The molecular weight excluding hydrogens is 218 g/mol. The van der Waals surface area contributed by atoms with Crippen molar-refractivity contribution in [3.63, 3.8) is 0 Å². The highest BCUT2D eigenvalue weighted by atomic mass is 16.5. The van der Waals surface area contributed by atoms with E-state index in [4.69, 9.17) is 9.84 Å². The summed E-state index contributed by atoms with van der Waals surface area (Å²) < 4.78 is 5.47. The molecule has 92 valence electrons. The molecule has 4 heteroatoms. The normalized spacial score (nSPS) is 28.0. The number of phenols is 1. The highest BCUT2D eigenvalue weighted by Crippen LogP contribution is 2.25. The van der Waals surface area contributed by atoms with E-state index < -0.39 is 0 Å². The minimum atomic E-state index is -0.311. The van der Waals surface area contributed by atoms with Crippen molar-refractivity contribution in [2.75, 3.05) is 6.61 Å². The summed E-state index contributed by atoms with van der Waals surface area (Å²) in [6, 6.07) is 6.22. The molecule has 1 amide bonds. The molecule has 4 nitrogen and oxygen atoms in total. The Kier molecular flexibility index (Phi) is 3.07. The molecule has 1 heterocycles. The highest BCUT2D eigenvalue weighted by Gasteiger charge is 2.38. The maximum atomic E-state index is 12.0. The minimum Gasteiger partial charge on any atom is -0.508 e. The van der Waals surface area contributed by atoms with Gasteiger partial charge in [-0.3, -0.25) is 4.79 Å². The quantitative estimate of drug-likeness (QED) is 0.820. The second-order valence-corrected chi connectivity index (χ2v) is 4.68. The van der Waals surface area contributed by atoms with Crippen LogP contribution in [0.15, 0.2) is 24.3 Å². The van der Waals surface area contributed by atoms with Gasteiger partial charge >= 0.3 is 0 Å². The van der Waals surface area contributed by atoms with Gasteiger partial charge in [0, 0.05) is 12.2 Å². The SMILES string of the molecule is CC1OCCC1(C)NC(=O)c1ccc(O)cc1. The molecule has 1 fully saturated rings. The van der Waals surface area contributed by atoms with Crippen molar-refractivity contribution in [1.29, 1.82) is 0 Å². The van der Waals surface area contributed by atoms with Crippen LogP contribution in [0.5, 0.6) is 5.75 Å². The maximum Gasteiger partial charge on any atom is 0.251 e. The van der Waals surface area contributed by atoms with Crippen LogP contribution in [0.3, 0.4) is 0 Å². The number of amides is 1. The lowest BCUT2D eigenvalue weighted by Crippen LogP contribution is -2.50. The van der Waals surface area contributed by atoms with Gasteiger partial charge in [-0.15, -0.1) is 0 Å². The average molecular weight is 235 g/mol. The lowest BCUT2D eigenvalue weighted by molar-refractivity contribution is 0.0727. The van der Waals surface area contributed by atoms with E-state index in [0.717, 1.165) is 6.42 Å². The highest BCUT2D eigenvalue weighted by molar-refractivity contribution is 5.94. The first-order chi connectivity index (χ1) is 8.01. The molecule has 0 radical (unpaired) electrons. The Morgan fingerprint density at radius 2 is 2.12 bits per heavy atom. The van der Waals surface area contributed by atoms with E-state index in [0.29, 0.717) is 12.2 Å². The number of phenolic OH excluding ortho intramolecular Hbond substituents is 1. The predicted molar refractivity (Wildman–Crippen MR) is 64.0 cm³/mol. The van der Waals surface area contributed by atoms with E-state index in [2.05, 4.69) is 5.32 Å². The third-order valence-electron chi connectivity index (χ3n) is 3.42. The van der Waals surface area contributed by atoms with Crippen LogP contribution >= 0.6 is 0 Å². The van der Waals surface area contributed by atoms with Crippen LogP contribution in [0.25, 0.3) is 0 Å². The number of hydrogen-bond donors (Lipinski definition) is 2. The van der Waals surface area contributed by atoms with Gasteiger partial charge in [-0.25, -0.2) is 0 Å². The predicted octanol–water partition coefficient (Wildman–Crippen LogP) is 1.69. The van der Waals surface area contributed by atoms with E-state index in [1.54, 1.807) is 12.1 Å². The van der Waals surface area contributed by atoms with Crippen LogP contribution in [0, 0.1) is 0 Å². The number of carbonyl (C=O) groups excluding carboxylic acids is 1. The first-order valence-electron chi connectivity index (χ1n) is 5.74. The third-order valence-corrected chi connectivity index (χ3v) is 3.42. The van der Waals surface area contributed by atoms with E-state index in [9.17, 15) is 4.79 Å². The molecule has 0 aliphatic carbocycles. The van der Waals surface area contributed by atoms with Crippen LogP contribution < -0.4 is 5.32 Å². The summed E-state index contributed by atoms with van der Waals surface area (Å²) in [6.45, 7) is 4.63. The van der Waals surface area contributed by atoms with E-state index in [1.807, 2.05) is 13.8 Å². The largest absolute Gasteiger partial charge is 0.508 e. The van der Waals surface area contributed by atoms with E-state index in [1.165, 1.54) is 12.1 Å². The van der Waals surface area contributed by atoms with Crippen LogP contribution in [0.1, 0.15) is 30.6 Å². The van der Waals surface area contributed by atoms with Crippen molar-refractivity contribution in [2.45, 2.75) is 31.9 Å². The lowest BCUT2D eigenvalue weighted by Gasteiger charge is -2.28. The van der Waals surface area contributed by atoms with E-state index in [-0.39, 0.29) is 23.3 Å². The molecule has 2 unspecified atom stereocenters.